The maximum atomic E-state index is 11.9. The van der Waals surface area contributed by atoms with Crippen LogP contribution in [0.4, 0.5) is 5.82 Å². The fourth-order valence-corrected chi connectivity index (χ4v) is 3.68. The zero-order chi connectivity index (χ0) is 14.6. The highest BCUT2D eigenvalue weighted by molar-refractivity contribution is 9.10. The molecule has 2 aliphatic heterocycles. The number of nitrogen functional groups attached to an aromatic ring is 1. The van der Waals surface area contributed by atoms with Crippen molar-refractivity contribution in [3.63, 3.8) is 0 Å². The molecule has 0 unspecified atom stereocenters. The number of carbonyl (C=O) groups excluding carboxylic acids is 1. The van der Waals surface area contributed by atoms with Gasteiger partial charge in [-0.3, -0.25) is 9.20 Å². The smallest absolute Gasteiger partial charge is 0.223 e. The van der Waals surface area contributed by atoms with E-state index in [2.05, 4.69) is 25.9 Å². The molecule has 2 aromatic rings. The van der Waals surface area contributed by atoms with E-state index >= 15 is 0 Å². The Labute approximate surface area is 129 Å². The summed E-state index contributed by atoms with van der Waals surface area (Å²) in [4.78, 5) is 22.4. The molecule has 21 heavy (non-hydrogen) atoms. The Morgan fingerprint density at radius 2 is 2.33 bits per heavy atom. The standard InChI is InChI=1S/C13H14BrN5O2/c14-11-10-12(15)16-3-4-18(10)13(17-11)8-5-19-7(6-21-8)1-2-9(19)20/h3-4,7-8H,1-2,5-6H2,(H2,15,16)/t7-,8-/m1/s1. The maximum Gasteiger partial charge on any atom is 0.223 e. The van der Waals surface area contributed by atoms with Crippen molar-refractivity contribution in [1.82, 2.24) is 19.3 Å². The first-order chi connectivity index (χ1) is 10.1. The molecule has 0 saturated carbocycles. The van der Waals surface area contributed by atoms with Crippen LogP contribution in [0.3, 0.4) is 0 Å². The molecule has 2 saturated heterocycles. The van der Waals surface area contributed by atoms with Gasteiger partial charge in [-0.2, -0.15) is 0 Å². The first-order valence-electron chi connectivity index (χ1n) is 6.84. The van der Waals surface area contributed by atoms with Crippen molar-refractivity contribution in [3.8, 4) is 0 Å². The minimum atomic E-state index is -0.246. The number of nitrogens with zero attached hydrogens (tertiary/aromatic N) is 4. The molecular weight excluding hydrogens is 338 g/mol. The summed E-state index contributed by atoms with van der Waals surface area (Å²) in [5.41, 5.74) is 6.63. The zero-order valence-corrected chi connectivity index (χ0v) is 12.8. The highest BCUT2D eigenvalue weighted by Crippen LogP contribution is 2.33. The second-order valence-corrected chi connectivity index (χ2v) is 6.10. The van der Waals surface area contributed by atoms with E-state index in [9.17, 15) is 4.79 Å². The molecule has 0 aliphatic carbocycles. The lowest BCUT2D eigenvalue weighted by atomic mass is 10.2. The maximum absolute atomic E-state index is 11.9. The van der Waals surface area contributed by atoms with Gasteiger partial charge in [0.1, 0.15) is 22.0 Å². The van der Waals surface area contributed by atoms with Crippen molar-refractivity contribution < 1.29 is 9.53 Å². The van der Waals surface area contributed by atoms with Gasteiger partial charge in [0.25, 0.3) is 0 Å². The molecule has 4 rings (SSSR count). The van der Waals surface area contributed by atoms with Crippen molar-refractivity contribution in [2.45, 2.75) is 25.0 Å². The Bertz CT molecular complexity index is 731. The van der Waals surface area contributed by atoms with Gasteiger partial charge < -0.3 is 15.4 Å². The molecule has 0 bridgehead atoms. The predicted octanol–water partition coefficient (Wildman–Crippen LogP) is 1.14. The first-order valence-corrected chi connectivity index (χ1v) is 7.63. The van der Waals surface area contributed by atoms with Crippen molar-refractivity contribution in [3.05, 3.63) is 22.8 Å². The molecule has 1 amide bonds. The summed E-state index contributed by atoms with van der Waals surface area (Å²) in [7, 11) is 0. The van der Waals surface area contributed by atoms with E-state index in [-0.39, 0.29) is 18.1 Å². The number of ether oxygens (including phenoxy) is 1. The van der Waals surface area contributed by atoms with Crippen molar-refractivity contribution in [1.29, 1.82) is 0 Å². The average Bonchev–Trinajstić information content (AvgIpc) is 3.01. The number of hydrogen-bond donors (Lipinski definition) is 1. The van der Waals surface area contributed by atoms with E-state index in [0.717, 1.165) is 17.8 Å². The fourth-order valence-electron chi connectivity index (χ4n) is 3.10. The molecule has 0 spiro atoms. The third-order valence-corrected chi connectivity index (χ3v) is 4.71. The van der Waals surface area contributed by atoms with Crippen LogP contribution in [0.5, 0.6) is 0 Å². The Balaban J connectivity index is 1.74. The van der Waals surface area contributed by atoms with Crippen LogP contribution in [0.1, 0.15) is 24.8 Å². The number of hydrogen-bond acceptors (Lipinski definition) is 5. The van der Waals surface area contributed by atoms with Crippen LogP contribution in [0, 0.1) is 0 Å². The van der Waals surface area contributed by atoms with Gasteiger partial charge in [0, 0.05) is 18.8 Å². The monoisotopic (exact) mass is 351 g/mol. The van der Waals surface area contributed by atoms with Gasteiger partial charge in [-0.15, -0.1) is 0 Å². The van der Waals surface area contributed by atoms with Crippen LogP contribution in [0.2, 0.25) is 0 Å². The van der Waals surface area contributed by atoms with Gasteiger partial charge in [-0.05, 0) is 22.4 Å². The highest BCUT2D eigenvalue weighted by atomic mass is 79.9. The lowest BCUT2D eigenvalue weighted by Crippen LogP contribution is -2.44. The molecular formula is C13H14BrN5O2. The summed E-state index contributed by atoms with van der Waals surface area (Å²) >= 11 is 3.42. The lowest BCUT2D eigenvalue weighted by molar-refractivity contribution is -0.137. The van der Waals surface area contributed by atoms with Gasteiger partial charge in [-0.25, -0.2) is 9.97 Å². The van der Waals surface area contributed by atoms with Crippen molar-refractivity contribution in [2.75, 3.05) is 18.9 Å². The SMILES string of the molecule is Nc1nccn2c([C@H]3CN4C(=O)CC[C@@H]4CO3)nc(Br)c12. The van der Waals surface area contributed by atoms with Crippen LogP contribution >= 0.6 is 15.9 Å². The molecule has 2 fully saturated rings. The summed E-state index contributed by atoms with van der Waals surface area (Å²) in [5.74, 6) is 1.35. The molecule has 2 atom stereocenters. The van der Waals surface area contributed by atoms with Crippen LogP contribution in [-0.2, 0) is 9.53 Å². The molecule has 0 aromatic carbocycles. The van der Waals surface area contributed by atoms with Gasteiger partial charge >= 0.3 is 0 Å². The summed E-state index contributed by atoms with van der Waals surface area (Å²) in [5, 5.41) is 0. The van der Waals surface area contributed by atoms with E-state index in [1.807, 2.05) is 9.30 Å². The Morgan fingerprint density at radius 3 is 3.19 bits per heavy atom. The molecule has 7 nitrogen and oxygen atoms in total. The fraction of sp³-hybridized carbons (Fsp3) is 0.462. The van der Waals surface area contributed by atoms with Crippen LogP contribution in [0.15, 0.2) is 17.0 Å². The molecule has 4 heterocycles. The minimum Gasteiger partial charge on any atom is -0.382 e. The summed E-state index contributed by atoms with van der Waals surface area (Å²) in [6.45, 7) is 1.10. The first kappa shape index (κ1) is 13.0. The number of carbonyl (C=O) groups is 1. The quantitative estimate of drug-likeness (QED) is 0.832. The zero-order valence-electron chi connectivity index (χ0n) is 11.2. The number of nitrogens with two attached hydrogens (primary N) is 1. The van der Waals surface area contributed by atoms with E-state index < -0.39 is 0 Å². The second kappa shape index (κ2) is 4.67. The summed E-state index contributed by atoms with van der Waals surface area (Å²) in [6.07, 6.45) is 4.69. The number of anilines is 1. The number of fused-ring (bicyclic) bond motifs is 2. The highest BCUT2D eigenvalue weighted by Gasteiger charge is 2.38. The van der Waals surface area contributed by atoms with Gasteiger partial charge in [0.05, 0.1) is 19.2 Å². The molecule has 110 valence electrons. The van der Waals surface area contributed by atoms with Gasteiger partial charge in [0.15, 0.2) is 5.82 Å². The number of halogens is 1. The summed E-state index contributed by atoms with van der Waals surface area (Å²) in [6, 6.07) is 0.218. The van der Waals surface area contributed by atoms with Crippen molar-refractivity contribution >= 4 is 33.2 Å². The number of morpholine rings is 1. The largest absolute Gasteiger partial charge is 0.382 e. The lowest BCUT2D eigenvalue weighted by Gasteiger charge is -2.34. The van der Waals surface area contributed by atoms with Crippen LogP contribution in [0.25, 0.3) is 5.52 Å². The average molecular weight is 352 g/mol. The third kappa shape index (κ3) is 1.93. The number of amides is 1. The topological polar surface area (TPSA) is 85.8 Å². The van der Waals surface area contributed by atoms with E-state index in [1.165, 1.54) is 0 Å². The third-order valence-electron chi connectivity index (χ3n) is 4.16. The van der Waals surface area contributed by atoms with Crippen molar-refractivity contribution in [2.24, 2.45) is 0 Å². The minimum absolute atomic E-state index is 0.203. The van der Waals surface area contributed by atoms with Crippen LogP contribution < -0.4 is 5.73 Å². The Morgan fingerprint density at radius 1 is 1.48 bits per heavy atom. The van der Waals surface area contributed by atoms with E-state index in [0.29, 0.717) is 30.0 Å². The molecule has 2 aromatic heterocycles. The Hall–Kier alpha value is -1.67. The Kier molecular flexibility index (Phi) is 2.90. The summed E-state index contributed by atoms with van der Waals surface area (Å²) < 4.78 is 8.44. The number of imidazole rings is 1. The van der Waals surface area contributed by atoms with Gasteiger partial charge in [-0.1, -0.05) is 0 Å². The van der Waals surface area contributed by atoms with E-state index in [4.69, 9.17) is 10.5 Å². The molecule has 0 radical (unpaired) electrons. The molecule has 2 N–H and O–H groups in total. The predicted molar refractivity (Wildman–Crippen MR) is 78.5 cm³/mol. The number of aromatic nitrogens is 3. The van der Waals surface area contributed by atoms with Crippen LogP contribution in [-0.4, -0.2) is 44.4 Å². The normalized spacial score (nSPS) is 25.6. The molecule has 2 aliphatic rings. The second-order valence-electron chi connectivity index (χ2n) is 5.35. The van der Waals surface area contributed by atoms with Gasteiger partial charge in [0.2, 0.25) is 5.91 Å². The van der Waals surface area contributed by atoms with E-state index in [1.54, 1.807) is 12.4 Å². The number of rotatable bonds is 1. The molecule has 8 heteroatoms.